The Labute approximate surface area is 152 Å². The zero-order valence-electron chi connectivity index (χ0n) is 14.8. The van der Waals surface area contributed by atoms with Gasteiger partial charge in [0.15, 0.2) is 6.10 Å². The average molecular weight is 381 g/mol. The number of primary amides is 1. The maximum atomic E-state index is 12.8. The molecule has 3 rings (SSSR count). The number of rotatable bonds is 3. The summed E-state index contributed by atoms with van der Waals surface area (Å²) in [6.45, 7) is 2.61. The van der Waals surface area contributed by atoms with E-state index in [-0.39, 0.29) is 24.3 Å². The Balaban J connectivity index is 1.80. The van der Waals surface area contributed by atoms with Gasteiger partial charge in [0.25, 0.3) is 5.91 Å². The number of piperidine rings is 1. The number of hydrogen-bond donors (Lipinski definition) is 1. The predicted octanol–water partition coefficient (Wildman–Crippen LogP) is 0.246. The first kappa shape index (κ1) is 18.5. The molecule has 0 bridgehead atoms. The molecule has 2 N–H and O–H groups in total. The molecule has 0 spiro atoms. The fraction of sp³-hybridized carbons (Fsp3) is 0.529. The number of aryl methyl sites for hydroxylation is 1. The first-order chi connectivity index (χ1) is 12.2. The minimum Gasteiger partial charge on any atom is -0.476 e. The van der Waals surface area contributed by atoms with Crippen molar-refractivity contribution in [1.29, 1.82) is 0 Å². The molecule has 2 aliphatic rings. The summed E-state index contributed by atoms with van der Waals surface area (Å²) in [6.07, 6.45) is 1.23. The van der Waals surface area contributed by atoms with Crippen LogP contribution in [0.25, 0.3) is 0 Å². The Morgan fingerprint density at radius 3 is 2.46 bits per heavy atom. The van der Waals surface area contributed by atoms with E-state index in [2.05, 4.69) is 0 Å². The molecule has 142 valence electrons. The Morgan fingerprint density at radius 1 is 1.23 bits per heavy atom. The molecule has 2 aliphatic heterocycles. The third-order valence-corrected chi connectivity index (χ3v) is 6.02. The normalized spacial score (nSPS) is 21.1. The van der Waals surface area contributed by atoms with Crippen LogP contribution in [0.5, 0.6) is 5.75 Å². The molecular weight excluding hydrogens is 358 g/mol. The SMILES string of the molecule is Cc1ccc2c(c1)N(S(C)(=O)=O)CC(C(=O)N1CCC(C(N)=O)CC1)O2. The molecule has 9 heteroatoms. The van der Waals surface area contributed by atoms with Crippen molar-refractivity contribution in [3.8, 4) is 5.75 Å². The van der Waals surface area contributed by atoms with Crippen LogP contribution in [0.2, 0.25) is 0 Å². The van der Waals surface area contributed by atoms with Crippen LogP contribution in [-0.2, 0) is 19.6 Å². The molecule has 0 saturated carbocycles. The van der Waals surface area contributed by atoms with Gasteiger partial charge in [0.1, 0.15) is 5.75 Å². The van der Waals surface area contributed by atoms with E-state index in [9.17, 15) is 18.0 Å². The standard InChI is InChI=1S/C17H23N3O5S/c1-11-3-4-14-13(9-11)20(26(2,23)24)10-15(25-14)17(22)19-7-5-12(6-8-19)16(18)21/h3-4,9,12,15H,5-8,10H2,1-2H3,(H2,18,21). The maximum Gasteiger partial charge on any atom is 0.265 e. The second-order valence-corrected chi connectivity index (χ2v) is 8.78. The quantitative estimate of drug-likeness (QED) is 0.807. The number of ether oxygens (including phenoxy) is 1. The van der Waals surface area contributed by atoms with Crippen molar-refractivity contribution >= 4 is 27.5 Å². The molecule has 26 heavy (non-hydrogen) atoms. The summed E-state index contributed by atoms with van der Waals surface area (Å²) in [5.41, 5.74) is 6.67. The van der Waals surface area contributed by atoms with Crippen LogP contribution in [0, 0.1) is 12.8 Å². The number of nitrogens with zero attached hydrogens (tertiary/aromatic N) is 2. The summed E-state index contributed by atoms with van der Waals surface area (Å²) in [6, 6.07) is 5.22. The molecule has 1 atom stereocenters. The molecule has 1 aromatic rings. The molecule has 1 aromatic carbocycles. The Hall–Kier alpha value is -2.29. The lowest BCUT2D eigenvalue weighted by Crippen LogP contribution is -2.53. The van der Waals surface area contributed by atoms with Gasteiger partial charge in [-0.25, -0.2) is 8.42 Å². The van der Waals surface area contributed by atoms with Gasteiger partial charge in [0.05, 0.1) is 18.5 Å². The van der Waals surface area contributed by atoms with E-state index >= 15 is 0 Å². The fourth-order valence-corrected chi connectivity index (χ4v) is 4.30. The van der Waals surface area contributed by atoms with Crippen LogP contribution >= 0.6 is 0 Å². The van der Waals surface area contributed by atoms with Gasteiger partial charge in [-0.15, -0.1) is 0 Å². The van der Waals surface area contributed by atoms with E-state index in [0.29, 0.717) is 37.4 Å². The summed E-state index contributed by atoms with van der Waals surface area (Å²) in [5, 5.41) is 0. The van der Waals surface area contributed by atoms with Crippen LogP contribution < -0.4 is 14.8 Å². The van der Waals surface area contributed by atoms with E-state index in [0.717, 1.165) is 11.8 Å². The van der Waals surface area contributed by atoms with Gasteiger partial charge >= 0.3 is 0 Å². The van der Waals surface area contributed by atoms with Crippen LogP contribution in [0.4, 0.5) is 5.69 Å². The molecule has 0 radical (unpaired) electrons. The van der Waals surface area contributed by atoms with Crippen molar-refractivity contribution < 1.29 is 22.7 Å². The van der Waals surface area contributed by atoms with Crippen LogP contribution in [0.3, 0.4) is 0 Å². The molecule has 1 saturated heterocycles. The molecule has 2 amide bonds. The van der Waals surface area contributed by atoms with Crippen molar-refractivity contribution in [2.24, 2.45) is 11.7 Å². The molecule has 0 aromatic heterocycles. The summed E-state index contributed by atoms with van der Waals surface area (Å²) >= 11 is 0. The second-order valence-electron chi connectivity index (χ2n) is 6.87. The van der Waals surface area contributed by atoms with Crippen LogP contribution in [0.15, 0.2) is 18.2 Å². The largest absolute Gasteiger partial charge is 0.476 e. The summed E-state index contributed by atoms with van der Waals surface area (Å²) in [5.74, 6) is -0.466. The van der Waals surface area contributed by atoms with Gasteiger partial charge in [0.2, 0.25) is 15.9 Å². The van der Waals surface area contributed by atoms with Crippen LogP contribution in [-0.4, -0.2) is 57.1 Å². The monoisotopic (exact) mass is 381 g/mol. The molecular formula is C17H23N3O5S. The molecule has 8 nitrogen and oxygen atoms in total. The Morgan fingerprint density at radius 2 is 1.88 bits per heavy atom. The third-order valence-electron chi connectivity index (χ3n) is 4.87. The fourth-order valence-electron chi connectivity index (χ4n) is 3.39. The average Bonchev–Trinajstić information content (AvgIpc) is 2.59. The molecule has 0 aliphatic carbocycles. The van der Waals surface area contributed by atoms with Gasteiger partial charge in [-0.2, -0.15) is 0 Å². The van der Waals surface area contributed by atoms with Crippen molar-refractivity contribution in [2.45, 2.75) is 25.9 Å². The highest BCUT2D eigenvalue weighted by Gasteiger charge is 2.38. The lowest BCUT2D eigenvalue weighted by Gasteiger charge is -2.38. The number of sulfonamides is 1. The van der Waals surface area contributed by atoms with Crippen LogP contribution in [0.1, 0.15) is 18.4 Å². The summed E-state index contributed by atoms with van der Waals surface area (Å²) < 4.78 is 31.5. The maximum absolute atomic E-state index is 12.8. The zero-order valence-corrected chi connectivity index (χ0v) is 15.7. The third kappa shape index (κ3) is 3.62. The topological polar surface area (TPSA) is 110 Å². The van der Waals surface area contributed by atoms with E-state index in [1.54, 1.807) is 17.0 Å². The molecule has 2 heterocycles. The van der Waals surface area contributed by atoms with Gasteiger partial charge in [0, 0.05) is 19.0 Å². The smallest absolute Gasteiger partial charge is 0.265 e. The van der Waals surface area contributed by atoms with Gasteiger partial charge in [-0.05, 0) is 37.5 Å². The number of carbonyl (C=O) groups excluding carboxylic acids is 2. The number of hydrogen-bond acceptors (Lipinski definition) is 5. The minimum atomic E-state index is -3.55. The number of carbonyl (C=O) groups is 2. The number of benzene rings is 1. The summed E-state index contributed by atoms with van der Waals surface area (Å²) in [7, 11) is -3.55. The Kier molecular flexibility index (Phi) is 4.83. The molecule has 1 unspecified atom stereocenters. The highest BCUT2D eigenvalue weighted by atomic mass is 32.2. The molecule has 1 fully saturated rings. The first-order valence-corrected chi connectivity index (χ1v) is 10.3. The highest BCUT2D eigenvalue weighted by Crippen LogP contribution is 2.36. The van der Waals surface area contributed by atoms with E-state index in [4.69, 9.17) is 10.5 Å². The lowest BCUT2D eigenvalue weighted by atomic mass is 9.96. The first-order valence-electron chi connectivity index (χ1n) is 8.50. The number of anilines is 1. The lowest BCUT2D eigenvalue weighted by molar-refractivity contribution is -0.141. The van der Waals surface area contributed by atoms with Gasteiger partial charge < -0.3 is 15.4 Å². The van der Waals surface area contributed by atoms with E-state index < -0.39 is 16.1 Å². The minimum absolute atomic E-state index is 0.0656. The summed E-state index contributed by atoms with van der Waals surface area (Å²) in [4.78, 5) is 25.7. The van der Waals surface area contributed by atoms with Gasteiger partial charge in [-0.1, -0.05) is 6.07 Å². The number of amides is 2. The van der Waals surface area contributed by atoms with Crippen molar-refractivity contribution in [3.05, 3.63) is 23.8 Å². The van der Waals surface area contributed by atoms with Crippen molar-refractivity contribution in [1.82, 2.24) is 4.90 Å². The van der Waals surface area contributed by atoms with E-state index in [1.807, 2.05) is 13.0 Å². The second kappa shape index (κ2) is 6.79. The van der Waals surface area contributed by atoms with Gasteiger partial charge in [-0.3, -0.25) is 13.9 Å². The number of likely N-dealkylation sites (tertiary alicyclic amines) is 1. The van der Waals surface area contributed by atoms with Crippen molar-refractivity contribution in [3.63, 3.8) is 0 Å². The number of fused-ring (bicyclic) bond motifs is 1. The van der Waals surface area contributed by atoms with Crippen molar-refractivity contribution in [2.75, 3.05) is 30.2 Å². The highest BCUT2D eigenvalue weighted by molar-refractivity contribution is 7.92. The Bertz CT molecular complexity index is 831. The predicted molar refractivity (Wildman–Crippen MR) is 96.3 cm³/mol. The zero-order chi connectivity index (χ0) is 19.1. The van der Waals surface area contributed by atoms with E-state index in [1.165, 1.54) is 4.31 Å². The number of nitrogens with two attached hydrogens (primary N) is 1.